The van der Waals surface area contributed by atoms with E-state index in [0.29, 0.717) is 0 Å². The largest absolute Gasteiger partial charge is 4.00 e. The molecule has 0 radical (unpaired) electrons. The Morgan fingerprint density at radius 1 is 0.143 bits per heavy atom. The molecule has 14 heteroatoms. The fourth-order valence-electron chi connectivity index (χ4n) is 0. The molecule has 0 N–H and O–H groups in total. The topological polar surface area (TPSA) is 200 Å². The number of hydrogen-bond acceptors (Lipinski definition) is 0. The van der Waals surface area contributed by atoms with Crippen LogP contribution in [0.1, 0.15) is 0 Å². The van der Waals surface area contributed by atoms with Gasteiger partial charge < -0.3 is 38.3 Å². The third kappa shape index (κ3) is 185. The molecule has 7 nitrogen and oxygen atoms in total. The second-order valence-corrected chi connectivity index (χ2v) is 0. The van der Waals surface area contributed by atoms with E-state index in [1.807, 2.05) is 0 Å². The van der Waals surface area contributed by atoms with Gasteiger partial charge in [0, 0.05) is 0 Å². The molecule has 0 aliphatic rings. The van der Waals surface area contributed by atoms with Crippen LogP contribution < -0.4 is 0 Å². The average Bonchev–Trinajstić information content (AvgIpc) is 0. The maximum atomic E-state index is 0. The molecule has 14 heavy (non-hydrogen) atoms. The first kappa shape index (κ1) is 264. The molecule has 0 aromatic carbocycles. The van der Waals surface area contributed by atoms with Gasteiger partial charge >= 0.3 is 152 Å². The van der Waals surface area contributed by atoms with Crippen molar-refractivity contribution in [2.75, 3.05) is 0 Å². The van der Waals surface area contributed by atoms with Crippen LogP contribution in [0.15, 0.2) is 0 Å². The second kappa shape index (κ2) is 222. The first-order valence-electron chi connectivity index (χ1n) is 0. The number of hydrogen-bond donors (Lipinski definition) is 0. The van der Waals surface area contributed by atoms with Gasteiger partial charge in [-0.1, -0.05) is 0 Å². The third-order valence-corrected chi connectivity index (χ3v) is 0. The Morgan fingerprint density at radius 2 is 0.143 bits per heavy atom. The zero-order valence-corrected chi connectivity index (χ0v) is 17.3. The first-order chi connectivity index (χ1) is 0. The zero-order valence-electron chi connectivity index (χ0n) is 6.36. The van der Waals surface area contributed by atoms with Crippen LogP contribution in [0.4, 0.5) is 0 Å². The van der Waals surface area contributed by atoms with Gasteiger partial charge in [0.1, 0.15) is 0 Å². The van der Waals surface area contributed by atoms with Crippen LogP contribution >= 0.6 is 0 Å². The van der Waals surface area contributed by atoms with E-state index < -0.39 is 0 Å². The van der Waals surface area contributed by atoms with Crippen LogP contribution in [0.2, 0.25) is 0 Å². The van der Waals surface area contributed by atoms with E-state index in [1.54, 1.807) is 0 Å². The maximum absolute atomic E-state index is 0. The Hall–Kier alpha value is 4.72. The molecule has 0 atom stereocenters. The first-order valence-corrected chi connectivity index (χ1v) is 0. The molecular weight excluding hydrogens is 447 g/mol. The van der Waals surface area contributed by atoms with E-state index in [4.69, 9.17) is 0 Å². The molecule has 0 bridgehead atoms. The molecule has 0 aliphatic heterocycles. The van der Waals surface area contributed by atoms with Crippen LogP contribution in [0.25, 0.3) is 0 Å². The van der Waals surface area contributed by atoms with Crippen LogP contribution in [0, 0.1) is 0 Å². The van der Waals surface area contributed by atoms with Gasteiger partial charge in [0.15, 0.2) is 0 Å². The summed E-state index contributed by atoms with van der Waals surface area (Å²) in [6, 6.07) is 0. The van der Waals surface area contributed by atoms with Crippen molar-refractivity contribution < 1.29 is 190 Å². The van der Waals surface area contributed by atoms with Gasteiger partial charge in [-0.05, 0) is 0 Å². The van der Waals surface area contributed by atoms with Crippen molar-refractivity contribution in [3.8, 4) is 0 Å². The summed E-state index contributed by atoms with van der Waals surface area (Å²) >= 11 is 0. The molecule has 0 unspecified atom stereocenters. The van der Waals surface area contributed by atoms with Gasteiger partial charge in [0.25, 0.3) is 0 Å². The summed E-state index contributed by atoms with van der Waals surface area (Å²) in [7, 11) is 0. The second-order valence-electron chi connectivity index (χ2n) is 0. The van der Waals surface area contributed by atoms with Gasteiger partial charge in [0.2, 0.25) is 0 Å². The molecule has 0 rings (SSSR count). The predicted molar refractivity (Wildman–Crippen MR) is 4.81 cm³/mol. The SMILES string of the molecule is [O-2].[O-2].[O-2].[O-2].[O-2].[O-2].[O-2].[Ti+4].[Ti+4].[Ti+4].[Ti+4].[Ti+4].[Ti+4].[Ti+4]. The molecule has 0 heterocycles. The van der Waals surface area contributed by atoms with Crippen molar-refractivity contribution in [2.24, 2.45) is 0 Å². The summed E-state index contributed by atoms with van der Waals surface area (Å²) in [6.07, 6.45) is 0. The van der Waals surface area contributed by atoms with E-state index in [9.17, 15) is 0 Å². The molecule has 56 valence electrons. The van der Waals surface area contributed by atoms with E-state index in [1.165, 1.54) is 0 Å². The van der Waals surface area contributed by atoms with Crippen molar-refractivity contribution >= 4 is 0 Å². The van der Waals surface area contributed by atoms with Gasteiger partial charge in [-0.25, -0.2) is 0 Å². The molecule has 0 aliphatic carbocycles. The van der Waals surface area contributed by atoms with Gasteiger partial charge in [-0.2, -0.15) is 0 Å². The standard InChI is InChI=1S/7O.7Ti/q7*-2;7*+4. The van der Waals surface area contributed by atoms with Gasteiger partial charge in [-0.15, -0.1) is 0 Å². The predicted octanol–water partition coefficient (Wildman–Crippen LogP) is -0.849. The van der Waals surface area contributed by atoms with Crippen molar-refractivity contribution in [1.29, 1.82) is 0 Å². The molecule has 0 saturated heterocycles. The maximum Gasteiger partial charge on any atom is 4.00 e. The van der Waals surface area contributed by atoms with E-state index in [2.05, 4.69) is 0 Å². The molecular formula is O7Ti7+14. The Kier molecular flexibility index (Phi) is 4190. The number of rotatable bonds is 0. The Bertz CT molecular complexity index is 14.0. The Balaban J connectivity index is 0. The molecule has 0 saturated carbocycles. The zero-order chi connectivity index (χ0) is 0. The summed E-state index contributed by atoms with van der Waals surface area (Å²) in [5.74, 6) is 0. The summed E-state index contributed by atoms with van der Waals surface area (Å²) in [5, 5.41) is 0. The summed E-state index contributed by atoms with van der Waals surface area (Å²) in [6.45, 7) is 0. The minimum Gasteiger partial charge on any atom is -2.00 e. The summed E-state index contributed by atoms with van der Waals surface area (Å²) in [5.41, 5.74) is 0. The molecule has 0 aromatic rings. The van der Waals surface area contributed by atoms with Crippen molar-refractivity contribution in [3.05, 3.63) is 0 Å². The van der Waals surface area contributed by atoms with Crippen LogP contribution in [-0.4, -0.2) is 0 Å². The van der Waals surface area contributed by atoms with Crippen molar-refractivity contribution in [3.63, 3.8) is 0 Å². The van der Waals surface area contributed by atoms with E-state index in [-0.39, 0.29) is 190 Å². The van der Waals surface area contributed by atoms with Gasteiger partial charge in [-0.3, -0.25) is 0 Å². The smallest absolute Gasteiger partial charge is 2.00 e. The third-order valence-electron chi connectivity index (χ3n) is 0. The minimum atomic E-state index is 0. The van der Waals surface area contributed by atoms with Gasteiger partial charge in [0.05, 0.1) is 0 Å². The van der Waals surface area contributed by atoms with Crippen LogP contribution in [0.3, 0.4) is 0 Å². The fourth-order valence-corrected chi connectivity index (χ4v) is 0. The van der Waals surface area contributed by atoms with Crippen LogP contribution in [0.5, 0.6) is 0 Å². The quantitative estimate of drug-likeness (QED) is 0.417. The Labute approximate surface area is 187 Å². The van der Waals surface area contributed by atoms with Crippen LogP contribution in [-0.2, 0) is 190 Å². The average molecular weight is 447 g/mol. The summed E-state index contributed by atoms with van der Waals surface area (Å²) in [4.78, 5) is 0. The summed E-state index contributed by atoms with van der Waals surface area (Å²) < 4.78 is 0. The molecule has 0 spiro atoms. The molecule has 0 amide bonds. The molecule has 0 aromatic heterocycles. The minimum absolute atomic E-state index is 0. The monoisotopic (exact) mass is 448 g/mol. The molecule has 0 fully saturated rings. The fraction of sp³-hybridized carbons (Fsp3) is 0. The van der Waals surface area contributed by atoms with E-state index >= 15 is 0 Å². The Morgan fingerprint density at radius 3 is 0.143 bits per heavy atom. The van der Waals surface area contributed by atoms with Crippen molar-refractivity contribution in [2.45, 2.75) is 0 Å². The normalized spacial score (nSPS) is 0. The van der Waals surface area contributed by atoms with Crippen molar-refractivity contribution in [1.82, 2.24) is 0 Å². The van der Waals surface area contributed by atoms with E-state index in [0.717, 1.165) is 0 Å².